The number of anilines is 1. The number of amides is 3. The van der Waals surface area contributed by atoms with E-state index in [9.17, 15) is 19.5 Å². The van der Waals surface area contributed by atoms with Crippen LogP contribution < -0.4 is 10.6 Å². The number of aromatic hydroxyl groups is 1. The second-order valence-electron chi connectivity index (χ2n) is 10.2. The Labute approximate surface area is 217 Å². The summed E-state index contributed by atoms with van der Waals surface area (Å²) >= 11 is 0. The third-order valence-electron chi connectivity index (χ3n) is 5.73. The molecular weight excluding hydrogens is 470 g/mol. The number of nitrogens with one attached hydrogen (secondary N) is 2. The molecule has 3 amide bonds. The van der Waals surface area contributed by atoms with Gasteiger partial charge in [0.05, 0.1) is 0 Å². The summed E-state index contributed by atoms with van der Waals surface area (Å²) in [4.78, 5) is 40.7. The average Bonchev–Trinajstić information content (AvgIpc) is 2.81. The lowest BCUT2D eigenvalue weighted by Gasteiger charge is -2.35. The van der Waals surface area contributed by atoms with E-state index in [1.807, 2.05) is 36.4 Å². The molecule has 196 valence electrons. The second-order valence-corrected chi connectivity index (χ2v) is 10.2. The minimum absolute atomic E-state index is 0.0697. The molecular formula is C29H35N3O5. The third-order valence-corrected chi connectivity index (χ3v) is 5.73. The topological polar surface area (TPSA) is 108 Å². The molecule has 0 aliphatic rings. The van der Waals surface area contributed by atoms with Crippen LogP contribution in [0.25, 0.3) is 10.8 Å². The predicted octanol–water partition coefficient (Wildman–Crippen LogP) is 5.30. The van der Waals surface area contributed by atoms with Gasteiger partial charge >= 0.3 is 6.09 Å². The van der Waals surface area contributed by atoms with Crippen molar-refractivity contribution < 1.29 is 24.2 Å². The zero-order chi connectivity index (χ0) is 27.3. The van der Waals surface area contributed by atoms with E-state index in [0.717, 1.165) is 10.8 Å². The lowest BCUT2D eigenvalue weighted by atomic mass is 9.98. The van der Waals surface area contributed by atoms with Crippen molar-refractivity contribution in [2.24, 2.45) is 0 Å². The van der Waals surface area contributed by atoms with Crippen LogP contribution >= 0.6 is 0 Å². The number of alkyl carbamates (subject to hydrolysis) is 1. The molecule has 0 aliphatic carbocycles. The molecule has 0 spiro atoms. The number of benzene rings is 3. The van der Waals surface area contributed by atoms with Gasteiger partial charge in [-0.15, -0.1) is 0 Å². The summed E-state index contributed by atoms with van der Waals surface area (Å²) in [5.74, 6) is -1.06. The first-order chi connectivity index (χ1) is 17.4. The molecule has 0 aromatic heterocycles. The number of hydrogen-bond donors (Lipinski definition) is 3. The number of phenolic OH excluding ortho intramolecular Hbond substituents is 1. The van der Waals surface area contributed by atoms with Crippen molar-refractivity contribution in [3.8, 4) is 5.75 Å². The van der Waals surface area contributed by atoms with Crippen LogP contribution in [-0.4, -0.2) is 46.1 Å². The molecule has 0 saturated heterocycles. The Morgan fingerprint density at radius 2 is 1.65 bits per heavy atom. The van der Waals surface area contributed by atoms with Crippen molar-refractivity contribution in [2.75, 3.05) is 11.9 Å². The quantitative estimate of drug-likeness (QED) is 0.404. The van der Waals surface area contributed by atoms with Crippen LogP contribution in [0.3, 0.4) is 0 Å². The first-order valence-corrected chi connectivity index (χ1v) is 12.2. The Kier molecular flexibility index (Phi) is 8.42. The van der Waals surface area contributed by atoms with Crippen LogP contribution in [0.4, 0.5) is 10.5 Å². The molecule has 3 rings (SSSR count). The number of fused-ring (bicyclic) bond motifs is 1. The number of aryl methyl sites for hydroxylation is 1. The number of phenols is 1. The standard InChI is InChI=1S/C29H35N3O5/c1-18(2)32(24(33)17-30-28(36)37-29(4,5)6)25(23-13-9-10-19(3)26(23)34)27(35)31-22-15-14-20-11-7-8-12-21(20)16-22/h7-16,18,25,34H,17H2,1-6H3,(H,30,36)(H,31,35). The van der Waals surface area contributed by atoms with E-state index in [1.54, 1.807) is 65.8 Å². The third kappa shape index (κ3) is 7.00. The summed E-state index contributed by atoms with van der Waals surface area (Å²) < 4.78 is 5.23. The molecule has 8 nitrogen and oxygen atoms in total. The molecule has 0 fully saturated rings. The number of carbonyl (C=O) groups excluding carboxylic acids is 3. The lowest BCUT2D eigenvalue weighted by molar-refractivity contribution is -0.140. The van der Waals surface area contributed by atoms with Crippen LogP contribution in [0.1, 0.15) is 51.8 Å². The number of nitrogens with zero attached hydrogens (tertiary/aromatic N) is 1. The van der Waals surface area contributed by atoms with Gasteiger partial charge in [-0.2, -0.15) is 0 Å². The molecule has 0 heterocycles. The summed E-state index contributed by atoms with van der Waals surface area (Å²) in [6.07, 6.45) is -0.736. The number of ether oxygens (including phenoxy) is 1. The summed E-state index contributed by atoms with van der Waals surface area (Å²) in [6.45, 7) is 10.1. The Hall–Kier alpha value is -4.07. The van der Waals surface area contributed by atoms with Crippen LogP contribution in [0.5, 0.6) is 5.75 Å². The van der Waals surface area contributed by atoms with E-state index in [2.05, 4.69) is 10.6 Å². The zero-order valence-electron chi connectivity index (χ0n) is 22.2. The van der Waals surface area contributed by atoms with Gasteiger partial charge in [-0.1, -0.05) is 48.5 Å². The zero-order valence-corrected chi connectivity index (χ0v) is 22.2. The van der Waals surface area contributed by atoms with E-state index >= 15 is 0 Å². The fourth-order valence-corrected chi connectivity index (χ4v) is 4.08. The largest absolute Gasteiger partial charge is 0.507 e. The van der Waals surface area contributed by atoms with Gasteiger partial charge in [-0.3, -0.25) is 9.59 Å². The van der Waals surface area contributed by atoms with Crippen LogP contribution in [0, 0.1) is 6.92 Å². The van der Waals surface area contributed by atoms with E-state index in [0.29, 0.717) is 11.3 Å². The van der Waals surface area contributed by atoms with Crippen molar-refractivity contribution in [3.05, 3.63) is 71.8 Å². The normalized spacial score (nSPS) is 12.2. The van der Waals surface area contributed by atoms with Gasteiger partial charge in [0.1, 0.15) is 23.9 Å². The molecule has 37 heavy (non-hydrogen) atoms. The fraction of sp³-hybridized carbons (Fsp3) is 0.345. The van der Waals surface area contributed by atoms with Crippen LogP contribution in [0.15, 0.2) is 60.7 Å². The van der Waals surface area contributed by atoms with Gasteiger partial charge in [-0.25, -0.2) is 4.79 Å². The molecule has 0 bridgehead atoms. The van der Waals surface area contributed by atoms with Crippen molar-refractivity contribution in [1.29, 1.82) is 0 Å². The van der Waals surface area contributed by atoms with Gasteiger partial charge in [0, 0.05) is 17.3 Å². The molecule has 0 saturated carbocycles. The molecule has 1 atom stereocenters. The van der Waals surface area contributed by atoms with Gasteiger partial charge in [0.25, 0.3) is 5.91 Å². The number of rotatable bonds is 7. The van der Waals surface area contributed by atoms with Gasteiger partial charge in [0.2, 0.25) is 5.91 Å². The molecule has 3 aromatic rings. The van der Waals surface area contributed by atoms with Crippen molar-refractivity contribution in [3.63, 3.8) is 0 Å². The summed E-state index contributed by atoms with van der Waals surface area (Å²) in [5.41, 5.74) is 0.700. The smallest absolute Gasteiger partial charge is 0.408 e. The molecule has 3 N–H and O–H groups in total. The number of hydrogen-bond acceptors (Lipinski definition) is 5. The van der Waals surface area contributed by atoms with Gasteiger partial charge in [0.15, 0.2) is 0 Å². The number of para-hydroxylation sites is 1. The highest BCUT2D eigenvalue weighted by Crippen LogP contribution is 2.34. The maximum absolute atomic E-state index is 13.8. The molecule has 3 aromatic carbocycles. The fourth-order valence-electron chi connectivity index (χ4n) is 4.08. The molecule has 8 heteroatoms. The Morgan fingerprint density at radius 1 is 0.973 bits per heavy atom. The summed E-state index contributed by atoms with van der Waals surface area (Å²) in [7, 11) is 0. The van der Waals surface area contributed by atoms with Crippen LogP contribution in [-0.2, 0) is 14.3 Å². The maximum Gasteiger partial charge on any atom is 0.408 e. The van der Waals surface area contributed by atoms with Crippen molar-refractivity contribution in [1.82, 2.24) is 10.2 Å². The summed E-state index contributed by atoms with van der Waals surface area (Å²) in [6, 6.07) is 16.8. The maximum atomic E-state index is 13.8. The first-order valence-electron chi connectivity index (χ1n) is 12.2. The number of carbonyl (C=O) groups is 3. The minimum Gasteiger partial charge on any atom is -0.507 e. The first kappa shape index (κ1) is 27.5. The van der Waals surface area contributed by atoms with Crippen LogP contribution in [0.2, 0.25) is 0 Å². The Morgan fingerprint density at radius 3 is 2.30 bits per heavy atom. The van der Waals surface area contributed by atoms with E-state index in [-0.39, 0.29) is 17.9 Å². The van der Waals surface area contributed by atoms with E-state index in [1.165, 1.54) is 4.90 Å². The highest BCUT2D eigenvalue weighted by molar-refractivity contribution is 6.00. The van der Waals surface area contributed by atoms with Crippen molar-refractivity contribution in [2.45, 2.75) is 59.2 Å². The monoisotopic (exact) mass is 505 g/mol. The second kappa shape index (κ2) is 11.3. The highest BCUT2D eigenvalue weighted by Gasteiger charge is 2.35. The summed E-state index contributed by atoms with van der Waals surface area (Å²) in [5, 5.41) is 18.2. The minimum atomic E-state index is -1.15. The van der Waals surface area contributed by atoms with Crippen molar-refractivity contribution >= 4 is 34.4 Å². The molecule has 1 unspecified atom stereocenters. The highest BCUT2D eigenvalue weighted by atomic mass is 16.6. The Bertz CT molecular complexity index is 1300. The van der Waals surface area contributed by atoms with Gasteiger partial charge < -0.3 is 25.4 Å². The Balaban J connectivity index is 1.95. The average molecular weight is 506 g/mol. The van der Waals surface area contributed by atoms with E-state index in [4.69, 9.17) is 4.74 Å². The van der Waals surface area contributed by atoms with Gasteiger partial charge in [-0.05, 0) is 70.0 Å². The SMILES string of the molecule is Cc1cccc(C(C(=O)Nc2ccc3ccccc3c2)N(C(=O)CNC(=O)OC(C)(C)C)C(C)C)c1O. The lowest BCUT2D eigenvalue weighted by Crippen LogP contribution is -2.49. The predicted molar refractivity (Wildman–Crippen MR) is 144 cm³/mol. The molecule has 0 radical (unpaired) electrons. The van der Waals surface area contributed by atoms with E-state index < -0.39 is 35.6 Å². The molecule has 0 aliphatic heterocycles.